The van der Waals surface area contributed by atoms with Gasteiger partial charge in [-0.05, 0) is 12.1 Å². The van der Waals surface area contributed by atoms with Crippen molar-refractivity contribution in [2.24, 2.45) is 0 Å². The number of halogens is 3. The molecule has 0 aliphatic rings. The molecule has 0 amide bonds. The van der Waals surface area contributed by atoms with Crippen molar-refractivity contribution in [3.8, 4) is 5.88 Å². The molecule has 22 heavy (non-hydrogen) atoms. The zero-order valence-electron chi connectivity index (χ0n) is 12.9. The zero-order chi connectivity index (χ0) is 16.6. The van der Waals surface area contributed by atoms with Gasteiger partial charge in [-0.15, -0.1) is 0 Å². The van der Waals surface area contributed by atoms with Crippen molar-refractivity contribution in [1.82, 2.24) is 9.88 Å². The molecule has 0 fully saturated rings. The second-order valence-electron chi connectivity index (χ2n) is 4.64. The number of hydrogen-bond acceptors (Lipinski definition) is 5. The lowest BCUT2D eigenvalue weighted by molar-refractivity contribution is -0.154. The maximum atomic E-state index is 12.0. The maximum Gasteiger partial charge on any atom is 0.422 e. The molecule has 0 aliphatic heterocycles. The van der Waals surface area contributed by atoms with Gasteiger partial charge in [0.1, 0.15) is 0 Å². The van der Waals surface area contributed by atoms with Gasteiger partial charge in [0.05, 0.1) is 0 Å². The lowest BCUT2D eigenvalue weighted by Crippen LogP contribution is -2.34. The van der Waals surface area contributed by atoms with Gasteiger partial charge in [-0.3, -0.25) is 4.90 Å². The average molecular weight is 322 g/mol. The van der Waals surface area contributed by atoms with Gasteiger partial charge >= 0.3 is 6.18 Å². The summed E-state index contributed by atoms with van der Waals surface area (Å²) in [5.74, 6) is -0.0456. The van der Waals surface area contributed by atoms with Gasteiger partial charge in [0.2, 0.25) is 5.88 Å². The van der Waals surface area contributed by atoms with Gasteiger partial charge < -0.3 is 14.2 Å². The van der Waals surface area contributed by atoms with Crippen LogP contribution in [-0.2, 0) is 16.0 Å². The smallest absolute Gasteiger partial charge is 0.422 e. The van der Waals surface area contributed by atoms with Crippen LogP contribution in [0.25, 0.3) is 0 Å². The van der Waals surface area contributed by atoms with Crippen LogP contribution in [0, 0.1) is 0 Å². The van der Waals surface area contributed by atoms with E-state index in [9.17, 15) is 13.2 Å². The Balaban J connectivity index is 2.54. The number of aromatic nitrogens is 1. The monoisotopic (exact) mass is 322 g/mol. The Morgan fingerprint density at radius 3 is 2.36 bits per heavy atom. The molecular formula is C14H21F3N2O3. The lowest BCUT2D eigenvalue weighted by Gasteiger charge is -2.24. The fourth-order valence-electron chi connectivity index (χ4n) is 1.77. The quantitative estimate of drug-likeness (QED) is 0.654. The third-order valence-electron chi connectivity index (χ3n) is 2.97. The number of alkyl halides is 3. The SMILES string of the molecule is CCN(Cc1ccc(OCC(F)(F)F)nc1)CC(OC)OC. The van der Waals surface area contributed by atoms with Crippen LogP contribution in [0.2, 0.25) is 0 Å². The van der Waals surface area contributed by atoms with E-state index in [0.29, 0.717) is 13.1 Å². The number of rotatable bonds is 9. The van der Waals surface area contributed by atoms with Crippen LogP contribution in [0.1, 0.15) is 12.5 Å². The first kappa shape index (κ1) is 18.7. The number of pyridine rings is 1. The summed E-state index contributed by atoms with van der Waals surface area (Å²) in [6.07, 6.45) is -3.19. The van der Waals surface area contributed by atoms with E-state index in [1.54, 1.807) is 20.3 Å². The molecule has 1 aromatic rings. The van der Waals surface area contributed by atoms with Crippen LogP contribution in [0.15, 0.2) is 18.3 Å². The molecule has 0 aromatic carbocycles. The molecule has 1 heterocycles. The minimum absolute atomic E-state index is 0.0456. The number of ether oxygens (including phenoxy) is 3. The van der Waals surface area contributed by atoms with Gasteiger partial charge in [-0.25, -0.2) is 4.98 Å². The Morgan fingerprint density at radius 2 is 1.91 bits per heavy atom. The van der Waals surface area contributed by atoms with E-state index >= 15 is 0 Å². The largest absolute Gasteiger partial charge is 0.468 e. The van der Waals surface area contributed by atoms with Crippen LogP contribution in [-0.4, -0.2) is 56.3 Å². The zero-order valence-corrected chi connectivity index (χ0v) is 12.9. The fourth-order valence-corrected chi connectivity index (χ4v) is 1.77. The van der Waals surface area contributed by atoms with E-state index < -0.39 is 12.8 Å². The first-order valence-corrected chi connectivity index (χ1v) is 6.80. The normalized spacial score (nSPS) is 12.2. The Morgan fingerprint density at radius 1 is 1.23 bits per heavy atom. The highest BCUT2D eigenvalue weighted by Gasteiger charge is 2.28. The summed E-state index contributed by atoms with van der Waals surface area (Å²) in [6, 6.07) is 3.12. The van der Waals surface area contributed by atoms with Gasteiger partial charge in [0, 0.05) is 39.6 Å². The molecule has 1 aromatic heterocycles. The number of likely N-dealkylation sites (N-methyl/N-ethyl adjacent to an activating group) is 1. The summed E-state index contributed by atoms with van der Waals surface area (Å²) < 4.78 is 51.0. The standard InChI is InChI=1S/C14H21F3N2O3/c1-4-19(9-13(20-2)21-3)8-11-5-6-12(18-7-11)22-10-14(15,16)17/h5-7,13H,4,8-10H2,1-3H3. The second-order valence-corrected chi connectivity index (χ2v) is 4.64. The highest BCUT2D eigenvalue weighted by molar-refractivity contribution is 5.17. The maximum absolute atomic E-state index is 12.0. The predicted molar refractivity (Wildman–Crippen MR) is 74.5 cm³/mol. The molecular weight excluding hydrogens is 301 g/mol. The molecule has 8 heteroatoms. The van der Waals surface area contributed by atoms with Crippen molar-refractivity contribution in [1.29, 1.82) is 0 Å². The molecule has 0 unspecified atom stereocenters. The molecule has 0 aliphatic carbocycles. The van der Waals surface area contributed by atoms with E-state index in [2.05, 4.69) is 14.6 Å². The van der Waals surface area contributed by atoms with Crippen molar-refractivity contribution in [2.75, 3.05) is 33.9 Å². The van der Waals surface area contributed by atoms with Crippen LogP contribution in [0.5, 0.6) is 5.88 Å². The number of methoxy groups -OCH3 is 2. The molecule has 0 radical (unpaired) electrons. The second kappa shape index (κ2) is 8.92. The van der Waals surface area contributed by atoms with Crippen molar-refractivity contribution < 1.29 is 27.4 Å². The van der Waals surface area contributed by atoms with Gasteiger partial charge in [0.15, 0.2) is 12.9 Å². The molecule has 0 saturated heterocycles. The highest BCUT2D eigenvalue weighted by atomic mass is 19.4. The first-order valence-electron chi connectivity index (χ1n) is 6.80. The summed E-state index contributed by atoms with van der Waals surface area (Å²) in [5.41, 5.74) is 0.868. The third kappa shape index (κ3) is 7.06. The van der Waals surface area contributed by atoms with Crippen molar-refractivity contribution in [2.45, 2.75) is 25.9 Å². The summed E-state index contributed by atoms with van der Waals surface area (Å²) in [4.78, 5) is 5.95. The van der Waals surface area contributed by atoms with E-state index in [1.807, 2.05) is 6.92 Å². The topological polar surface area (TPSA) is 43.8 Å². The van der Waals surface area contributed by atoms with E-state index in [-0.39, 0.29) is 12.2 Å². The molecule has 0 bridgehead atoms. The summed E-state index contributed by atoms with van der Waals surface area (Å²) in [6.45, 7) is 2.60. The van der Waals surface area contributed by atoms with Crippen LogP contribution in [0.3, 0.4) is 0 Å². The Bertz CT molecular complexity index is 422. The first-order chi connectivity index (χ1) is 10.4. The Hall–Kier alpha value is -1.38. The lowest BCUT2D eigenvalue weighted by atomic mass is 10.2. The van der Waals surface area contributed by atoms with Crippen LogP contribution < -0.4 is 4.74 Å². The van der Waals surface area contributed by atoms with Crippen molar-refractivity contribution in [3.63, 3.8) is 0 Å². The third-order valence-corrected chi connectivity index (χ3v) is 2.97. The number of hydrogen-bond donors (Lipinski definition) is 0. The van der Waals surface area contributed by atoms with E-state index in [1.165, 1.54) is 12.3 Å². The molecule has 0 atom stereocenters. The van der Waals surface area contributed by atoms with Crippen molar-refractivity contribution >= 4 is 0 Å². The molecule has 5 nitrogen and oxygen atoms in total. The Labute approximate surface area is 128 Å². The van der Waals surface area contributed by atoms with E-state index in [4.69, 9.17) is 9.47 Å². The van der Waals surface area contributed by atoms with Gasteiger partial charge in [-0.1, -0.05) is 13.0 Å². The Kier molecular flexibility index (Phi) is 7.57. The summed E-state index contributed by atoms with van der Waals surface area (Å²) in [7, 11) is 3.13. The number of nitrogens with zero attached hydrogens (tertiary/aromatic N) is 2. The van der Waals surface area contributed by atoms with Gasteiger partial charge in [0.25, 0.3) is 0 Å². The van der Waals surface area contributed by atoms with Crippen LogP contribution >= 0.6 is 0 Å². The molecule has 0 saturated carbocycles. The van der Waals surface area contributed by atoms with Crippen molar-refractivity contribution in [3.05, 3.63) is 23.9 Å². The molecule has 1 rings (SSSR count). The highest BCUT2D eigenvalue weighted by Crippen LogP contribution is 2.17. The predicted octanol–water partition coefficient (Wildman–Crippen LogP) is 2.46. The summed E-state index contributed by atoms with van der Waals surface area (Å²) >= 11 is 0. The summed E-state index contributed by atoms with van der Waals surface area (Å²) in [5, 5.41) is 0. The van der Waals surface area contributed by atoms with Crippen LogP contribution in [0.4, 0.5) is 13.2 Å². The molecule has 0 N–H and O–H groups in total. The van der Waals surface area contributed by atoms with E-state index in [0.717, 1.165) is 12.1 Å². The minimum Gasteiger partial charge on any atom is -0.468 e. The average Bonchev–Trinajstić information content (AvgIpc) is 2.49. The van der Waals surface area contributed by atoms with Gasteiger partial charge in [-0.2, -0.15) is 13.2 Å². The molecule has 126 valence electrons. The minimum atomic E-state index is -4.37. The fraction of sp³-hybridized carbons (Fsp3) is 0.643. The molecule has 0 spiro atoms.